The molecule has 1 N–H and O–H groups in total. The first-order chi connectivity index (χ1) is 7.31. The fourth-order valence-corrected chi connectivity index (χ4v) is 2.09. The number of nitrogens with zero attached hydrogens (tertiary/aromatic N) is 2. The normalized spacial score (nSPS) is 15.7. The number of pyridine rings is 1. The van der Waals surface area contributed by atoms with Crippen LogP contribution in [0.2, 0.25) is 0 Å². The molecule has 1 aliphatic heterocycles. The highest BCUT2D eigenvalue weighted by molar-refractivity contribution is 9.10. The predicted molar refractivity (Wildman–Crippen MR) is 63.8 cm³/mol. The molecule has 1 aromatic rings. The van der Waals surface area contributed by atoms with Crippen LogP contribution in [0.25, 0.3) is 0 Å². The average Bonchev–Trinajstić information content (AvgIpc) is 2.30. The van der Waals surface area contributed by atoms with Gasteiger partial charge in [-0.25, -0.2) is 4.98 Å². The zero-order valence-corrected chi connectivity index (χ0v) is 9.94. The fraction of sp³-hybridized carbons (Fsp3) is 0.364. The molecule has 0 saturated carbocycles. The summed E-state index contributed by atoms with van der Waals surface area (Å²) < 4.78 is 0.905. The first kappa shape index (κ1) is 10.6. The second-order valence-electron chi connectivity index (χ2n) is 3.50. The number of aromatic nitrogens is 1. The Morgan fingerprint density at radius 2 is 2.33 bits per heavy atom. The van der Waals surface area contributed by atoms with Gasteiger partial charge < -0.3 is 10.0 Å². The molecule has 3 nitrogen and oxygen atoms in total. The molecule has 80 valence electrons. The summed E-state index contributed by atoms with van der Waals surface area (Å²) in [4.78, 5) is 6.54. The van der Waals surface area contributed by atoms with Crippen molar-refractivity contribution in [2.45, 2.75) is 13.0 Å². The fourth-order valence-electron chi connectivity index (χ4n) is 1.71. The van der Waals surface area contributed by atoms with Crippen LogP contribution >= 0.6 is 15.9 Å². The van der Waals surface area contributed by atoms with Crippen molar-refractivity contribution < 1.29 is 5.11 Å². The van der Waals surface area contributed by atoms with E-state index in [0.29, 0.717) is 0 Å². The van der Waals surface area contributed by atoms with Crippen LogP contribution in [0, 0.1) is 0 Å². The van der Waals surface area contributed by atoms with E-state index in [2.05, 4.69) is 38.0 Å². The zero-order chi connectivity index (χ0) is 10.7. The lowest BCUT2D eigenvalue weighted by Crippen LogP contribution is -2.28. The lowest BCUT2D eigenvalue weighted by atomic mass is 10.2. The molecule has 15 heavy (non-hydrogen) atoms. The first-order valence-electron chi connectivity index (χ1n) is 4.96. The van der Waals surface area contributed by atoms with Crippen molar-refractivity contribution in [3.8, 4) is 0 Å². The van der Waals surface area contributed by atoms with E-state index in [0.717, 1.165) is 35.4 Å². The lowest BCUT2D eigenvalue weighted by molar-refractivity contribution is 0.281. The van der Waals surface area contributed by atoms with Crippen LogP contribution in [-0.2, 0) is 6.61 Å². The van der Waals surface area contributed by atoms with Gasteiger partial charge in [-0.2, -0.15) is 0 Å². The van der Waals surface area contributed by atoms with Gasteiger partial charge in [0.25, 0.3) is 0 Å². The maximum Gasteiger partial charge on any atom is 0.134 e. The Morgan fingerprint density at radius 3 is 3.00 bits per heavy atom. The van der Waals surface area contributed by atoms with Gasteiger partial charge in [0, 0.05) is 29.3 Å². The number of hydrogen-bond donors (Lipinski definition) is 1. The third kappa shape index (κ3) is 2.38. The van der Waals surface area contributed by atoms with Crippen molar-refractivity contribution in [3.05, 3.63) is 34.5 Å². The molecular weight excluding hydrogens is 256 g/mol. The number of aliphatic hydroxyl groups is 1. The van der Waals surface area contributed by atoms with Gasteiger partial charge in [-0.05, 0) is 28.4 Å². The maximum absolute atomic E-state index is 9.27. The zero-order valence-electron chi connectivity index (χ0n) is 8.36. The van der Waals surface area contributed by atoms with Crippen LogP contribution in [-0.4, -0.2) is 23.2 Å². The van der Waals surface area contributed by atoms with Crippen LogP contribution in [0.3, 0.4) is 0 Å². The number of halogens is 1. The second-order valence-corrected chi connectivity index (χ2v) is 4.42. The SMILES string of the molecule is OCc1cc(Br)cnc1N1CC=CCC1. The van der Waals surface area contributed by atoms with Crippen molar-refractivity contribution in [2.75, 3.05) is 18.0 Å². The van der Waals surface area contributed by atoms with E-state index < -0.39 is 0 Å². The van der Waals surface area contributed by atoms with Gasteiger partial charge in [0.1, 0.15) is 5.82 Å². The van der Waals surface area contributed by atoms with Crippen LogP contribution in [0.1, 0.15) is 12.0 Å². The highest BCUT2D eigenvalue weighted by atomic mass is 79.9. The minimum absolute atomic E-state index is 0.0297. The number of hydrogen-bond acceptors (Lipinski definition) is 3. The Bertz CT molecular complexity index is 379. The number of aliphatic hydroxyl groups excluding tert-OH is 1. The molecule has 0 atom stereocenters. The van der Waals surface area contributed by atoms with Crippen molar-refractivity contribution in [2.24, 2.45) is 0 Å². The van der Waals surface area contributed by atoms with Gasteiger partial charge in [0.2, 0.25) is 0 Å². The third-order valence-corrected chi connectivity index (χ3v) is 2.87. The van der Waals surface area contributed by atoms with Gasteiger partial charge in [-0.3, -0.25) is 0 Å². The minimum Gasteiger partial charge on any atom is -0.392 e. The van der Waals surface area contributed by atoms with Crippen LogP contribution < -0.4 is 4.90 Å². The molecule has 0 radical (unpaired) electrons. The summed E-state index contributed by atoms with van der Waals surface area (Å²) in [7, 11) is 0. The Balaban J connectivity index is 2.30. The van der Waals surface area contributed by atoms with E-state index in [1.807, 2.05) is 6.07 Å². The van der Waals surface area contributed by atoms with Crippen molar-refractivity contribution in [1.82, 2.24) is 4.98 Å². The highest BCUT2D eigenvalue weighted by Gasteiger charge is 2.13. The average molecular weight is 269 g/mol. The van der Waals surface area contributed by atoms with E-state index in [4.69, 9.17) is 0 Å². The highest BCUT2D eigenvalue weighted by Crippen LogP contribution is 2.22. The maximum atomic E-state index is 9.27. The largest absolute Gasteiger partial charge is 0.392 e. The molecule has 0 fully saturated rings. The molecule has 1 aromatic heterocycles. The van der Waals surface area contributed by atoms with E-state index in [-0.39, 0.29) is 6.61 Å². The summed E-state index contributed by atoms with van der Waals surface area (Å²) in [6, 6.07) is 1.92. The van der Waals surface area contributed by atoms with E-state index >= 15 is 0 Å². The topological polar surface area (TPSA) is 36.4 Å². The number of anilines is 1. The summed E-state index contributed by atoms with van der Waals surface area (Å²) in [5.41, 5.74) is 0.875. The predicted octanol–water partition coefficient (Wildman–Crippen LogP) is 2.10. The van der Waals surface area contributed by atoms with Crippen LogP contribution in [0.5, 0.6) is 0 Å². The van der Waals surface area contributed by atoms with Crippen molar-refractivity contribution in [1.29, 1.82) is 0 Å². The quantitative estimate of drug-likeness (QED) is 0.835. The molecule has 2 rings (SSSR count). The van der Waals surface area contributed by atoms with Gasteiger partial charge in [0.05, 0.1) is 6.61 Å². The van der Waals surface area contributed by atoms with Gasteiger partial charge in [-0.1, -0.05) is 12.2 Å². The lowest BCUT2D eigenvalue weighted by Gasteiger charge is -2.26. The molecule has 1 aliphatic rings. The monoisotopic (exact) mass is 268 g/mol. The van der Waals surface area contributed by atoms with E-state index in [1.165, 1.54) is 0 Å². The first-order valence-corrected chi connectivity index (χ1v) is 5.76. The van der Waals surface area contributed by atoms with Crippen LogP contribution in [0.4, 0.5) is 5.82 Å². The Kier molecular flexibility index (Phi) is 3.38. The Labute approximate surface area is 97.6 Å². The molecule has 0 bridgehead atoms. The molecule has 0 saturated heterocycles. The summed E-state index contributed by atoms with van der Waals surface area (Å²) in [5.74, 6) is 0.894. The van der Waals surface area contributed by atoms with Gasteiger partial charge in [-0.15, -0.1) is 0 Å². The van der Waals surface area contributed by atoms with Gasteiger partial charge >= 0.3 is 0 Å². The smallest absolute Gasteiger partial charge is 0.134 e. The standard InChI is InChI=1S/C11H13BrN2O/c12-10-6-9(8-15)11(13-7-10)14-4-2-1-3-5-14/h1-2,6-7,15H,3-5,8H2. The second kappa shape index (κ2) is 4.77. The summed E-state index contributed by atoms with van der Waals surface area (Å²) in [6.45, 7) is 1.88. The molecule has 0 unspecified atom stereocenters. The molecule has 0 aromatic carbocycles. The summed E-state index contributed by atoms with van der Waals surface area (Å²) >= 11 is 3.36. The molecule has 2 heterocycles. The van der Waals surface area contributed by atoms with Crippen molar-refractivity contribution in [3.63, 3.8) is 0 Å². The van der Waals surface area contributed by atoms with E-state index in [9.17, 15) is 5.11 Å². The Hall–Kier alpha value is -0.870. The minimum atomic E-state index is 0.0297. The number of rotatable bonds is 2. The van der Waals surface area contributed by atoms with Gasteiger partial charge in [0.15, 0.2) is 0 Å². The molecule has 0 amide bonds. The molecule has 0 aliphatic carbocycles. The van der Waals surface area contributed by atoms with Crippen LogP contribution in [0.15, 0.2) is 28.9 Å². The van der Waals surface area contributed by atoms with E-state index in [1.54, 1.807) is 6.20 Å². The van der Waals surface area contributed by atoms with Crippen molar-refractivity contribution >= 4 is 21.7 Å². The molecular formula is C11H13BrN2O. The summed E-state index contributed by atoms with van der Waals surface area (Å²) in [5, 5.41) is 9.27. The Morgan fingerprint density at radius 1 is 1.47 bits per heavy atom. The third-order valence-electron chi connectivity index (χ3n) is 2.44. The molecule has 0 spiro atoms. The summed E-state index contributed by atoms with van der Waals surface area (Å²) in [6.07, 6.45) is 7.12. The molecule has 4 heteroatoms.